The molecule has 26 nitrogen and oxygen atoms in total. The molecule has 12 atom stereocenters. The summed E-state index contributed by atoms with van der Waals surface area (Å²) in [7, 11) is 0. The van der Waals surface area contributed by atoms with Crippen LogP contribution in [0.4, 0.5) is 0 Å². The van der Waals surface area contributed by atoms with Gasteiger partial charge in [0.15, 0.2) is 0 Å². The number of aliphatic hydroxyl groups excluding tert-OH is 3. The van der Waals surface area contributed by atoms with Crippen molar-refractivity contribution in [2.24, 2.45) is 29.0 Å². The Morgan fingerprint density at radius 3 is 1.18 bits per heavy atom. The predicted molar refractivity (Wildman–Crippen MR) is 304 cm³/mol. The highest BCUT2D eigenvalue weighted by Crippen LogP contribution is 2.13. The van der Waals surface area contributed by atoms with Crippen molar-refractivity contribution in [1.29, 1.82) is 0 Å². The highest BCUT2D eigenvalue weighted by molar-refractivity contribution is 5.98. The molecule has 0 spiro atoms. The first-order chi connectivity index (χ1) is 38.7. The minimum Gasteiger partial charge on any atom is -0.480 e. The molecule has 0 saturated heterocycles. The number of nitrogens with two attached hydrogens (primary N) is 3. The third-order valence-corrected chi connectivity index (χ3v) is 13.1. The predicted octanol–water partition coefficient (Wildman–Crippen LogP) is -2.63. The third kappa shape index (κ3) is 25.8. The van der Waals surface area contributed by atoms with E-state index in [2.05, 4.69) is 47.9 Å². The Hall–Kier alpha value is -7.10. The highest BCUT2D eigenvalue weighted by Gasteiger charge is 2.37. The van der Waals surface area contributed by atoms with Crippen LogP contribution in [0.5, 0.6) is 0 Å². The summed E-state index contributed by atoms with van der Waals surface area (Å²) in [5, 5.41) is 63.9. The molecule has 26 heteroatoms. The molecule has 0 bridgehead atoms. The fourth-order valence-corrected chi connectivity index (χ4v) is 8.48. The van der Waals surface area contributed by atoms with Gasteiger partial charge in [0.2, 0.25) is 53.2 Å². The topological polar surface area (TPSA) is 438 Å². The first-order valence-electron chi connectivity index (χ1n) is 27.9. The Balaban J connectivity index is 2.33. The number of carboxylic acids is 1. The molecule has 0 aliphatic carbocycles. The van der Waals surface area contributed by atoms with E-state index in [0.717, 1.165) is 6.92 Å². The molecule has 0 fully saturated rings. The van der Waals surface area contributed by atoms with Gasteiger partial charge in [0, 0.05) is 12.8 Å². The summed E-state index contributed by atoms with van der Waals surface area (Å²) in [6.07, 6.45) is -1.24. The summed E-state index contributed by atoms with van der Waals surface area (Å²) in [6.45, 7) is 10.3. The lowest BCUT2D eigenvalue weighted by Gasteiger charge is -2.28. The minimum atomic E-state index is -1.82. The number of aliphatic carboxylic acids is 1. The van der Waals surface area contributed by atoms with Crippen molar-refractivity contribution in [2.75, 3.05) is 19.7 Å². The number of benzene rings is 2. The van der Waals surface area contributed by atoms with Crippen LogP contribution in [0.2, 0.25) is 0 Å². The third-order valence-electron chi connectivity index (χ3n) is 13.1. The number of amides is 9. The summed E-state index contributed by atoms with van der Waals surface area (Å²) in [5.74, 6) is -9.57. The van der Waals surface area contributed by atoms with Gasteiger partial charge < -0.3 is 85.5 Å². The average Bonchev–Trinajstić information content (AvgIpc) is 3.50. The highest BCUT2D eigenvalue weighted by atomic mass is 16.4. The summed E-state index contributed by atoms with van der Waals surface area (Å²) >= 11 is 0. The number of hydrogen-bond donors (Lipinski definition) is 16. The van der Waals surface area contributed by atoms with Gasteiger partial charge in [-0.15, -0.1) is 0 Å². The standard InChI is InChI=1S/C56H90N12O14/c1-31(2)26-38(59)48(73)61-40(23-15-17-25-58)50(75)68-45(34(6)70)54(79)60-33(5)47(72)67-46(35(7)71)55(80)66-44(30-69)53(78)62-39(22-14-16-24-57)49(74)63-41(28-36-18-10-8-11-19-36)51(76)64-42(29-37-20-12-9-13-21-37)52(77)65-43(56(81)82)27-32(3)4/h8-13,18-21,31-35,38-46,69-71H,14-17,22-30,57-59H2,1-7H3,(H,60,79)(H,61,73)(H,62,78)(H,63,74)(H,64,76)(H,65,77)(H,66,80)(H,67,72)(H,68,75)(H,81,82)/t33-,34+,35+,38-,39-,40-,41-,42-,43-,44-,45-,46-/m0/s1. The zero-order valence-electron chi connectivity index (χ0n) is 48.2. The zero-order valence-corrected chi connectivity index (χ0v) is 48.2. The lowest BCUT2D eigenvalue weighted by molar-refractivity contribution is -0.142. The molecule has 0 saturated carbocycles. The van der Waals surface area contributed by atoms with Crippen LogP contribution >= 0.6 is 0 Å². The minimum absolute atomic E-state index is 0.0539. The fraction of sp³-hybridized carbons (Fsp3) is 0.607. The van der Waals surface area contributed by atoms with Crippen LogP contribution in [0.1, 0.15) is 111 Å². The van der Waals surface area contributed by atoms with E-state index >= 15 is 0 Å². The number of carboxylic acid groups (broad SMARTS) is 1. The molecule has 2 rings (SSSR count). The molecule has 9 amide bonds. The fourth-order valence-electron chi connectivity index (χ4n) is 8.48. The molecule has 19 N–H and O–H groups in total. The molecule has 0 aliphatic heterocycles. The monoisotopic (exact) mass is 1150 g/mol. The normalized spacial score (nSPS) is 15.7. The number of carbonyl (C=O) groups is 10. The molecule has 82 heavy (non-hydrogen) atoms. The van der Waals surface area contributed by atoms with Crippen LogP contribution in [0.25, 0.3) is 0 Å². The summed E-state index contributed by atoms with van der Waals surface area (Å²) in [4.78, 5) is 136. The van der Waals surface area contributed by atoms with Gasteiger partial charge in [-0.3, -0.25) is 43.2 Å². The van der Waals surface area contributed by atoms with Gasteiger partial charge in [-0.05, 0) is 108 Å². The van der Waals surface area contributed by atoms with Gasteiger partial charge in [-0.2, -0.15) is 0 Å². The zero-order chi connectivity index (χ0) is 61.6. The van der Waals surface area contributed by atoms with E-state index in [0.29, 0.717) is 43.4 Å². The average molecular weight is 1160 g/mol. The van der Waals surface area contributed by atoms with E-state index in [-0.39, 0.29) is 56.9 Å². The second-order valence-corrected chi connectivity index (χ2v) is 21.4. The summed E-state index contributed by atoms with van der Waals surface area (Å²) in [5.41, 5.74) is 18.6. The molecule has 0 heterocycles. The number of carbonyl (C=O) groups excluding carboxylic acids is 9. The SMILES string of the molecule is CC(C)C[C@H](NC(=O)[C@H](Cc1ccccc1)NC(=O)[C@H](Cc1ccccc1)NC(=O)[C@H](CCCCN)NC(=O)[C@H](CO)NC(=O)[C@@H](NC(=O)[C@H](C)NC(=O)[C@@H](NC(=O)[C@H](CCCCN)NC(=O)[C@@H](N)CC(C)C)[C@@H](C)O)[C@@H](C)O)C(=O)O. The van der Waals surface area contributed by atoms with Crippen LogP contribution in [0.3, 0.4) is 0 Å². The molecule has 0 aliphatic rings. The first kappa shape index (κ1) is 71.0. The molecular weight excluding hydrogens is 1060 g/mol. The van der Waals surface area contributed by atoms with Crippen molar-refractivity contribution in [3.05, 3.63) is 71.8 Å². The molecular formula is C56H90N12O14. The van der Waals surface area contributed by atoms with Gasteiger partial charge in [0.05, 0.1) is 24.9 Å². The van der Waals surface area contributed by atoms with Crippen LogP contribution in [0, 0.1) is 11.8 Å². The van der Waals surface area contributed by atoms with E-state index in [9.17, 15) is 68.4 Å². The van der Waals surface area contributed by atoms with Gasteiger partial charge >= 0.3 is 5.97 Å². The van der Waals surface area contributed by atoms with E-state index < -0.39 is 138 Å². The number of rotatable bonds is 38. The second kappa shape index (κ2) is 37.1. The maximum absolute atomic E-state index is 14.4. The number of aliphatic hydroxyl groups is 3. The Morgan fingerprint density at radius 1 is 0.427 bits per heavy atom. The Bertz CT molecular complexity index is 2360. The van der Waals surface area contributed by atoms with Crippen molar-refractivity contribution in [3.63, 3.8) is 0 Å². The van der Waals surface area contributed by atoms with E-state index in [1.807, 2.05) is 13.8 Å². The molecule has 0 unspecified atom stereocenters. The number of hydrogen-bond acceptors (Lipinski definition) is 16. The van der Waals surface area contributed by atoms with Crippen LogP contribution in [-0.4, -0.2) is 172 Å². The molecule has 2 aromatic carbocycles. The first-order valence-corrected chi connectivity index (χ1v) is 27.9. The van der Waals surface area contributed by atoms with Crippen molar-refractivity contribution in [2.45, 2.75) is 185 Å². The lowest BCUT2D eigenvalue weighted by Crippen LogP contribution is -2.63. The quantitative estimate of drug-likeness (QED) is 0.0306. The molecule has 0 aromatic heterocycles. The van der Waals surface area contributed by atoms with Gasteiger partial charge in [0.25, 0.3) is 0 Å². The van der Waals surface area contributed by atoms with E-state index in [1.165, 1.54) is 13.8 Å². The number of unbranched alkanes of at least 4 members (excludes halogenated alkanes) is 2. The van der Waals surface area contributed by atoms with Crippen LogP contribution in [0.15, 0.2) is 60.7 Å². The van der Waals surface area contributed by atoms with Crippen LogP contribution in [-0.2, 0) is 60.8 Å². The largest absolute Gasteiger partial charge is 0.480 e. The van der Waals surface area contributed by atoms with E-state index in [1.54, 1.807) is 74.5 Å². The van der Waals surface area contributed by atoms with Crippen LogP contribution < -0.4 is 65.1 Å². The number of nitrogens with one attached hydrogen (secondary N) is 9. The van der Waals surface area contributed by atoms with E-state index in [4.69, 9.17) is 17.2 Å². The maximum atomic E-state index is 14.4. The molecule has 0 radical (unpaired) electrons. The van der Waals surface area contributed by atoms with Crippen molar-refractivity contribution in [3.8, 4) is 0 Å². The van der Waals surface area contributed by atoms with Gasteiger partial charge in [-0.1, -0.05) is 88.4 Å². The molecule has 458 valence electrons. The second-order valence-electron chi connectivity index (χ2n) is 21.4. The molecule has 2 aromatic rings. The maximum Gasteiger partial charge on any atom is 0.326 e. The smallest absolute Gasteiger partial charge is 0.326 e. The lowest BCUT2D eigenvalue weighted by atomic mass is 10.00. The van der Waals surface area contributed by atoms with Crippen molar-refractivity contribution >= 4 is 59.1 Å². The Morgan fingerprint density at radius 2 is 0.780 bits per heavy atom. The summed E-state index contributed by atoms with van der Waals surface area (Å²) in [6, 6.07) is 2.97. The van der Waals surface area contributed by atoms with Gasteiger partial charge in [-0.25, -0.2) is 4.79 Å². The van der Waals surface area contributed by atoms with Crippen molar-refractivity contribution < 1.29 is 68.4 Å². The Labute approximate surface area is 479 Å². The van der Waals surface area contributed by atoms with Gasteiger partial charge in [0.1, 0.15) is 54.4 Å². The Kier molecular flexibility index (Phi) is 32.1. The van der Waals surface area contributed by atoms with Crippen molar-refractivity contribution in [1.82, 2.24) is 47.9 Å². The summed E-state index contributed by atoms with van der Waals surface area (Å²) < 4.78 is 0.